The number of benzene rings is 1. The minimum absolute atomic E-state index is 0. The number of hydrogen-bond donors (Lipinski definition) is 2. The second-order valence-corrected chi connectivity index (χ2v) is 6.95. The maximum absolute atomic E-state index is 12.3. The maximum Gasteiger partial charge on any atom is 0.225 e. The molecule has 1 atom stereocenters. The Morgan fingerprint density at radius 1 is 1.26 bits per heavy atom. The van der Waals surface area contributed by atoms with Crippen LogP contribution in [0, 0.1) is 11.8 Å². The highest BCUT2D eigenvalue weighted by atomic mass is 35.5. The lowest BCUT2D eigenvalue weighted by molar-refractivity contribution is -0.129. The van der Waals surface area contributed by atoms with E-state index in [4.69, 9.17) is 9.47 Å². The molecule has 2 aliphatic heterocycles. The Kier molecular flexibility index (Phi) is 7.74. The van der Waals surface area contributed by atoms with Gasteiger partial charge in [-0.25, -0.2) is 0 Å². The molecule has 7 nitrogen and oxygen atoms in total. The number of amides is 2. The van der Waals surface area contributed by atoms with Gasteiger partial charge >= 0.3 is 0 Å². The quantitative estimate of drug-likeness (QED) is 0.680. The Bertz CT molecular complexity index is 666. The number of methoxy groups -OCH3 is 2. The maximum atomic E-state index is 12.3. The summed E-state index contributed by atoms with van der Waals surface area (Å²) in [6, 6.07) is 5.76. The van der Waals surface area contributed by atoms with Gasteiger partial charge in [-0.15, -0.1) is 12.4 Å². The van der Waals surface area contributed by atoms with E-state index in [1.807, 2.05) is 18.2 Å². The van der Waals surface area contributed by atoms with Crippen molar-refractivity contribution in [3.05, 3.63) is 23.8 Å². The van der Waals surface area contributed by atoms with E-state index in [0.29, 0.717) is 49.9 Å². The number of halogens is 1. The van der Waals surface area contributed by atoms with E-state index in [1.54, 1.807) is 19.1 Å². The molecule has 1 unspecified atom stereocenters. The molecule has 3 rings (SSSR count). The van der Waals surface area contributed by atoms with Crippen LogP contribution in [0.2, 0.25) is 0 Å². The average molecular weight is 398 g/mol. The lowest BCUT2D eigenvalue weighted by atomic mass is 10.0. The fraction of sp³-hybridized carbons (Fsp3) is 0.579. The lowest BCUT2D eigenvalue weighted by Gasteiger charge is -2.27. The molecule has 0 bridgehead atoms. The highest BCUT2D eigenvalue weighted by molar-refractivity contribution is 5.89. The molecule has 0 saturated carbocycles. The fourth-order valence-electron chi connectivity index (χ4n) is 3.35. The standard InChI is InChI=1S/C19H27N3O4.ClH/c1-25-16-4-3-13(7-17(16)26-2)5-6-22-12-15(8-18(22)23)19(24)21-11-14-9-20-10-14;/h3-4,7,14-15,20H,5-6,8-12H2,1-2H3,(H,21,24);1H. The summed E-state index contributed by atoms with van der Waals surface area (Å²) in [5.41, 5.74) is 1.07. The second kappa shape index (κ2) is 9.80. The Balaban J connectivity index is 0.00000261. The van der Waals surface area contributed by atoms with Crippen molar-refractivity contribution in [2.24, 2.45) is 11.8 Å². The molecule has 0 spiro atoms. The fourth-order valence-corrected chi connectivity index (χ4v) is 3.35. The van der Waals surface area contributed by atoms with Crippen molar-refractivity contribution in [1.29, 1.82) is 0 Å². The number of carbonyl (C=O) groups is 2. The van der Waals surface area contributed by atoms with Crippen molar-refractivity contribution >= 4 is 24.2 Å². The van der Waals surface area contributed by atoms with Gasteiger partial charge in [-0.1, -0.05) is 6.07 Å². The molecule has 8 heteroatoms. The molecule has 2 amide bonds. The van der Waals surface area contributed by atoms with Crippen molar-refractivity contribution in [2.75, 3.05) is 46.9 Å². The van der Waals surface area contributed by atoms with Crippen molar-refractivity contribution in [3.8, 4) is 11.5 Å². The zero-order chi connectivity index (χ0) is 18.5. The van der Waals surface area contributed by atoms with Crippen LogP contribution < -0.4 is 20.1 Å². The molecule has 0 radical (unpaired) electrons. The second-order valence-electron chi connectivity index (χ2n) is 6.95. The Morgan fingerprint density at radius 3 is 2.63 bits per heavy atom. The molecule has 2 N–H and O–H groups in total. The van der Waals surface area contributed by atoms with Crippen LogP contribution in [0.5, 0.6) is 11.5 Å². The van der Waals surface area contributed by atoms with Crippen molar-refractivity contribution in [3.63, 3.8) is 0 Å². The zero-order valence-corrected chi connectivity index (χ0v) is 16.6. The number of nitrogens with one attached hydrogen (secondary N) is 2. The van der Waals surface area contributed by atoms with E-state index in [9.17, 15) is 9.59 Å². The normalized spacial score (nSPS) is 19.3. The average Bonchev–Trinajstić information content (AvgIpc) is 2.99. The molecule has 2 aliphatic rings. The number of carbonyl (C=O) groups excluding carboxylic acids is 2. The predicted octanol–water partition coefficient (Wildman–Crippen LogP) is 0.852. The summed E-state index contributed by atoms with van der Waals surface area (Å²) in [6.07, 6.45) is 1.02. The highest BCUT2D eigenvalue weighted by Gasteiger charge is 2.34. The molecular formula is C19H28ClN3O4. The molecule has 0 aromatic heterocycles. The predicted molar refractivity (Wildman–Crippen MR) is 105 cm³/mol. The van der Waals surface area contributed by atoms with Crippen molar-refractivity contribution in [1.82, 2.24) is 15.5 Å². The minimum atomic E-state index is -0.235. The highest BCUT2D eigenvalue weighted by Crippen LogP contribution is 2.28. The molecular weight excluding hydrogens is 370 g/mol. The third-order valence-electron chi connectivity index (χ3n) is 5.13. The van der Waals surface area contributed by atoms with E-state index in [0.717, 1.165) is 18.7 Å². The van der Waals surface area contributed by atoms with Gasteiger partial charge in [0, 0.05) is 45.1 Å². The van der Waals surface area contributed by atoms with Gasteiger partial charge in [0.1, 0.15) is 0 Å². The third kappa shape index (κ3) is 5.26. The van der Waals surface area contributed by atoms with Gasteiger partial charge in [-0.2, -0.15) is 0 Å². The summed E-state index contributed by atoms with van der Waals surface area (Å²) in [5.74, 6) is 1.71. The van der Waals surface area contributed by atoms with Gasteiger partial charge in [0.15, 0.2) is 11.5 Å². The van der Waals surface area contributed by atoms with Crippen LogP contribution in [0.3, 0.4) is 0 Å². The van der Waals surface area contributed by atoms with E-state index >= 15 is 0 Å². The SMILES string of the molecule is COc1ccc(CCN2CC(C(=O)NCC3CNC3)CC2=O)cc1OC.Cl. The number of rotatable bonds is 8. The first kappa shape index (κ1) is 21.3. The van der Waals surface area contributed by atoms with Crippen LogP contribution >= 0.6 is 12.4 Å². The summed E-state index contributed by atoms with van der Waals surface area (Å²) in [4.78, 5) is 26.3. The van der Waals surface area contributed by atoms with Gasteiger partial charge in [0.25, 0.3) is 0 Å². The van der Waals surface area contributed by atoms with Crippen LogP contribution in [0.1, 0.15) is 12.0 Å². The van der Waals surface area contributed by atoms with Gasteiger partial charge in [-0.05, 0) is 24.1 Å². The van der Waals surface area contributed by atoms with E-state index < -0.39 is 0 Å². The molecule has 27 heavy (non-hydrogen) atoms. The van der Waals surface area contributed by atoms with Crippen molar-refractivity contribution < 1.29 is 19.1 Å². The molecule has 2 saturated heterocycles. The Morgan fingerprint density at radius 2 is 2.00 bits per heavy atom. The van der Waals surface area contributed by atoms with Crippen LogP contribution in [-0.2, 0) is 16.0 Å². The monoisotopic (exact) mass is 397 g/mol. The minimum Gasteiger partial charge on any atom is -0.493 e. The van der Waals surface area contributed by atoms with E-state index in [1.165, 1.54) is 0 Å². The summed E-state index contributed by atoms with van der Waals surface area (Å²) in [5, 5.41) is 6.17. The smallest absolute Gasteiger partial charge is 0.225 e. The van der Waals surface area contributed by atoms with Crippen LogP contribution in [0.25, 0.3) is 0 Å². The van der Waals surface area contributed by atoms with Gasteiger partial charge in [0.05, 0.1) is 20.1 Å². The lowest BCUT2D eigenvalue weighted by Crippen LogP contribution is -2.49. The first-order valence-electron chi connectivity index (χ1n) is 9.07. The Labute approximate surface area is 166 Å². The molecule has 1 aromatic carbocycles. The summed E-state index contributed by atoms with van der Waals surface area (Å²) in [6.45, 7) is 3.72. The van der Waals surface area contributed by atoms with E-state index in [2.05, 4.69) is 10.6 Å². The molecule has 0 aliphatic carbocycles. The largest absolute Gasteiger partial charge is 0.493 e. The first-order chi connectivity index (χ1) is 12.6. The van der Waals surface area contributed by atoms with E-state index in [-0.39, 0.29) is 30.1 Å². The topological polar surface area (TPSA) is 79.9 Å². The summed E-state index contributed by atoms with van der Waals surface area (Å²) in [7, 11) is 3.21. The van der Waals surface area contributed by atoms with Crippen LogP contribution in [0.4, 0.5) is 0 Å². The first-order valence-corrected chi connectivity index (χ1v) is 9.07. The molecule has 2 heterocycles. The summed E-state index contributed by atoms with van der Waals surface area (Å²) >= 11 is 0. The number of likely N-dealkylation sites (tertiary alicyclic amines) is 1. The number of hydrogen-bond acceptors (Lipinski definition) is 5. The number of nitrogens with zero attached hydrogens (tertiary/aromatic N) is 1. The molecule has 2 fully saturated rings. The van der Waals surface area contributed by atoms with Crippen LogP contribution in [-0.4, -0.2) is 63.7 Å². The van der Waals surface area contributed by atoms with Gasteiger partial charge in [0.2, 0.25) is 11.8 Å². The van der Waals surface area contributed by atoms with Crippen LogP contribution in [0.15, 0.2) is 18.2 Å². The third-order valence-corrected chi connectivity index (χ3v) is 5.13. The zero-order valence-electron chi connectivity index (χ0n) is 15.8. The van der Waals surface area contributed by atoms with Gasteiger partial charge < -0.3 is 25.0 Å². The molecule has 150 valence electrons. The number of ether oxygens (including phenoxy) is 2. The van der Waals surface area contributed by atoms with Crippen molar-refractivity contribution in [2.45, 2.75) is 12.8 Å². The van der Waals surface area contributed by atoms with Gasteiger partial charge in [-0.3, -0.25) is 9.59 Å². The molecule has 1 aromatic rings. The Hall–Kier alpha value is -1.99. The summed E-state index contributed by atoms with van der Waals surface area (Å²) < 4.78 is 10.6.